The lowest BCUT2D eigenvalue weighted by atomic mass is 10.1. The molecule has 0 unspecified atom stereocenters. The summed E-state index contributed by atoms with van der Waals surface area (Å²) in [5.41, 5.74) is 1.23. The van der Waals surface area contributed by atoms with Gasteiger partial charge in [-0.3, -0.25) is 14.8 Å². The minimum atomic E-state index is -0.497. The molecule has 2 rings (SSSR count). The van der Waals surface area contributed by atoms with E-state index in [1.807, 2.05) is 6.07 Å². The lowest BCUT2D eigenvalue weighted by Crippen LogP contribution is -2.01. The highest BCUT2D eigenvalue weighted by Crippen LogP contribution is 2.20. The molecule has 7 nitrogen and oxygen atoms in total. The van der Waals surface area contributed by atoms with E-state index in [1.54, 1.807) is 18.2 Å². The first kappa shape index (κ1) is 12.6. The number of hydrogen-bond donors (Lipinski definition) is 0. The summed E-state index contributed by atoms with van der Waals surface area (Å²) in [7, 11) is 1.48. The van der Waals surface area contributed by atoms with Crippen LogP contribution in [0, 0.1) is 21.4 Å². The van der Waals surface area contributed by atoms with E-state index in [-0.39, 0.29) is 5.69 Å². The third-order valence-corrected chi connectivity index (χ3v) is 2.56. The Morgan fingerprint density at radius 1 is 1.58 bits per heavy atom. The van der Waals surface area contributed by atoms with Gasteiger partial charge in [0.05, 0.1) is 24.1 Å². The summed E-state index contributed by atoms with van der Waals surface area (Å²) >= 11 is 0. The summed E-state index contributed by atoms with van der Waals surface area (Å²) in [6.07, 6.45) is 2.55. The molecular weight excluding hydrogens is 248 g/mol. The fraction of sp³-hybridized carbons (Fsp3) is 0.167. The van der Waals surface area contributed by atoms with Crippen molar-refractivity contribution in [3.63, 3.8) is 0 Å². The van der Waals surface area contributed by atoms with E-state index in [1.165, 1.54) is 24.2 Å². The van der Waals surface area contributed by atoms with E-state index in [0.717, 1.165) is 5.56 Å². The number of nitrogens with zero attached hydrogens (tertiary/aromatic N) is 4. The van der Waals surface area contributed by atoms with Crippen LogP contribution < -0.4 is 4.74 Å². The van der Waals surface area contributed by atoms with Gasteiger partial charge in [-0.05, 0) is 17.7 Å². The summed E-state index contributed by atoms with van der Waals surface area (Å²) < 4.78 is 6.55. The van der Waals surface area contributed by atoms with Crippen LogP contribution in [0.2, 0.25) is 0 Å². The van der Waals surface area contributed by atoms with E-state index >= 15 is 0 Å². The Labute approximate surface area is 108 Å². The number of nitriles is 1. The van der Waals surface area contributed by atoms with Gasteiger partial charge >= 0.3 is 5.69 Å². The van der Waals surface area contributed by atoms with Crippen LogP contribution in [0.5, 0.6) is 5.75 Å². The molecule has 0 saturated carbocycles. The second-order valence-corrected chi connectivity index (χ2v) is 3.80. The lowest BCUT2D eigenvalue weighted by Gasteiger charge is -2.06. The first-order chi connectivity index (χ1) is 9.13. The lowest BCUT2D eigenvalue weighted by molar-refractivity contribution is -0.385. The van der Waals surface area contributed by atoms with Crippen LogP contribution >= 0.6 is 0 Å². The fourth-order valence-electron chi connectivity index (χ4n) is 1.65. The summed E-state index contributed by atoms with van der Waals surface area (Å²) in [5, 5.41) is 23.3. The number of aromatic nitrogens is 2. The molecule has 96 valence electrons. The molecular formula is C12H10N4O3. The zero-order valence-corrected chi connectivity index (χ0v) is 10.1. The Hall–Kier alpha value is -2.88. The average molecular weight is 258 g/mol. The normalized spacial score (nSPS) is 9.89. The number of hydrogen-bond acceptors (Lipinski definition) is 5. The molecule has 0 saturated heterocycles. The van der Waals surface area contributed by atoms with Gasteiger partial charge in [0.1, 0.15) is 24.2 Å². The van der Waals surface area contributed by atoms with E-state index in [0.29, 0.717) is 17.9 Å². The predicted octanol–water partition coefficient (Wildman–Crippen LogP) is 1.72. The molecule has 0 fully saturated rings. The van der Waals surface area contributed by atoms with Gasteiger partial charge in [0.15, 0.2) is 0 Å². The average Bonchev–Trinajstić information content (AvgIpc) is 2.87. The van der Waals surface area contributed by atoms with E-state index in [4.69, 9.17) is 10.00 Å². The van der Waals surface area contributed by atoms with Crippen LogP contribution in [-0.2, 0) is 6.54 Å². The molecule has 1 aromatic heterocycles. The summed E-state index contributed by atoms with van der Waals surface area (Å²) in [5.74, 6) is 0.474. The third kappa shape index (κ3) is 2.69. The number of methoxy groups -OCH3 is 1. The number of rotatable bonds is 4. The van der Waals surface area contributed by atoms with Crippen molar-refractivity contribution in [3.8, 4) is 11.8 Å². The Kier molecular flexibility index (Phi) is 3.43. The fourth-order valence-corrected chi connectivity index (χ4v) is 1.65. The zero-order valence-electron chi connectivity index (χ0n) is 10.1. The minimum Gasteiger partial charge on any atom is -0.495 e. The Morgan fingerprint density at radius 2 is 2.37 bits per heavy atom. The van der Waals surface area contributed by atoms with Crippen molar-refractivity contribution >= 4 is 5.69 Å². The van der Waals surface area contributed by atoms with Crippen LogP contribution in [-0.4, -0.2) is 21.8 Å². The second-order valence-electron chi connectivity index (χ2n) is 3.80. The van der Waals surface area contributed by atoms with Crippen LogP contribution in [0.4, 0.5) is 5.69 Å². The highest BCUT2D eigenvalue weighted by atomic mass is 16.6. The summed E-state index contributed by atoms with van der Waals surface area (Å²) in [6.45, 7) is 0.371. The van der Waals surface area contributed by atoms with Gasteiger partial charge in [-0.15, -0.1) is 0 Å². The van der Waals surface area contributed by atoms with Crippen LogP contribution in [0.3, 0.4) is 0 Å². The highest BCUT2D eigenvalue weighted by Gasteiger charge is 2.10. The van der Waals surface area contributed by atoms with Crippen LogP contribution in [0.1, 0.15) is 11.1 Å². The molecule has 0 amide bonds. The van der Waals surface area contributed by atoms with Gasteiger partial charge in [0, 0.05) is 0 Å². The summed E-state index contributed by atoms with van der Waals surface area (Å²) in [6, 6.07) is 7.14. The quantitative estimate of drug-likeness (QED) is 0.614. The van der Waals surface area contributed by atoms with Crippen molar-refractivity contribution in [2.45, 2.75) is 6.54 Å². The molecule has 2 aromatic rings. The van der Waals surface area contributed by atoms with E-state index in [9.17, 15) is 10.1 Å². The van der Waals surface area contributed by atoms with Gasteiger partial charge in [-0.2, -0.15) is 10.4 Å². The monoisotopic (exact) mass is 258 g/mol. The maximum atomic E-state index is 10.5. The third-order valence-electron chi connectivity index (χ3n) is 2.56. The van der Waals surface area contributed by atoms with Gasteiger partial charge in [-0.25, -0.2) is 0 Å². The van der Waals surface area contributed by atoms with Crippen molar-refractivity contribution in [3.05, 3.63) is 51.8 Å². The number of nitro groups is 1. The van der Waals surface area contributed by atoms with Crippen molar-refractivity contribution < 1.29 is 9.66 Å². The second kappa shape index (κ2) is 5.18. The Bertz CT molecular complexity index is 657. The largest absolute Gasteiger partial charge is 0.495 e. The number of benzene rings is 1. The topological polar surface area (TPSA) is 94.0 Å². The van der Waals surface area contributed by atoms with Crippen molar-refractivity contribution in [1.29, 1.82) is 5.26 Å². The molecule has 0 spiro atoms. The maximum absolute atomic E-state index is 10.5. The molecule has 0 aliphatic carbocycles. The SMILES string of the molecule is COc1cc(Cn2cc([N+](=O)[O-])cn2)ccc1C#N. The van der Waals surface area contributed by atoms with Gasteiger partial charge in [0.2, 0.25) is 0 Å². The molecule has 19 heavy (non-hydrogen) atoms. The first-order valence-corrected chi connectivity index (χ1v) is 5.38. The van der Waals surface area contributed by atoms with E-state index < -0.39 is 4.92 Å². The molecule has 0 aliphatic heterocycles. The predicted molar refractivity (Wildman–Crippen MR) is 65.7 cm³/mol. The Morgan fingerprint density at radius 3 is 2.95 bits per heavy atom. The van der Waals surface area contributed by atoms with Crippen LogP contribution in [0.15, 0.2) is 30.6 Å². The van der Waals surface area contributed by atoms with Crippen molar-refractivity contribution in [2.75, 3.05) is 7.11 Å². The number of ether oxygens (including phenoxy) is 1. The standard InChI is InChI=1S/C12H10N4O3/c1-19-12-4-9(2-3-10(12)5-13)7-15-8-11(6-14-15)16(17)18/h2-4,6,8H,7H2,1H3. The van der Waals surface area contributed by atoms with Crippen molar-refractivity contribution in [1.82, 2.24) is 9.78 Å². The molecule has 0 radical (unpaired) electrons. The molecule has 7 heteroatoms. The van der Waals surface area contributed by atoms with Gasteiger partial charge in [0.25, 0.3) is 0 Å². The summed E-state index contributed by atoms with van der Waals surface area (Å²) in [4.78, 5) is 10.0. The van der Waals surface area contributed by atoms with Crippen molar-refractivity contribution in [2.24, 2.45) is 0 Å². The maximum Gasteiger partial charge on any atom is 0.307 e. The Balaban J connectivity index is 2.23. The van der Waals surface area contributed by atoms with Crippen LogP contribution in [0.25, 0.3) is 0 Å². The highest BCUT2D eigenvalue weighted by molar-refractivity contribution is 5.45. The molecule has 0 atom stereocenters. The minimum absolute atomic E-state index is 0.0550. The molecule has 0 aliphatic rings. The first-order valence-electron chi connectivity index (χ1n) is 5.38. The van der Waals surface area contributed by atoms with Gasteiger partial charge < -0.3 is 4.74 Å². The van der Waals surface area contributed by atoms with Gasteiger partial charge in [-0.1, -0.05) is 6.07 Å². The molecule has 1 heterocycles. The smallest absolute Gasteiger partial charge is 0.307 e. The molecule has 0 bridgehead atoms. The zero-order chi connectivity index (χ0) is 13.8. The van der Waals surface area contributed by atoms with E-state index in [2.05, 4.69) is 5.10 Å². The molecule has 0 N–H and O–H groups in total. The molecule has 1 aromatic carbocycles.